The monoisotopic (exact) mass is 443 g/mol. The molecule has 2 aliphatic heterocycles. The first-order valence-electron chi connectivity index (χ1n) is 9.76. The molecule has 3 atom stereocenters. The number of aromatic hydroxyl groups is 1. The molecule has 0 bridgehead atoms. The lowest BCUT2D eigenvalue weighted by Crippen LogP contribution is -2.52. The highest BCUT2D eigenvalue weighted by Gasteiger charge is 2.42. The number of hydrogen-bond donors (Lipinski definition) is 3. The summed E-state index contributed by atoms with van der Waals surface area (Å²) in [6, 6.07) is 9.27. The summed E-state index contributed by atoms with van der Waals surface area (Å²) in [5, 5.41) is 12.2. The number of rotatable bonds is 5. The molecule has 2 aromatic carbocycles. The minimum Gasteiger partial charge on any atom is -0.593 e. The molecule has 2 aromatic rings. The van der Waals surface area contributed by atoms with Crippen molar-refractivity contribution < 1.29 is 28.3 Å². The Morgan fingerprint density at radius 2 is 1.94 bits per heavy atom. The molecule has 10 heteroatoms. The van der Waals surface area contributed by atoms with Gasteiger partial charge in [-0.1, -0.05) is 28.5 Å². The van der Waals surface area contributed by atoms with Crippen LogP contribution in [0.15, 0.2) is 47.4 Å². The van der Waals surface area contributed by atoms with Crippen molar-refractivity contribution in [2.45, 2.75) is 43.3 Å². The second kappa shape index (κ2) is 7.88. The predicted octanol–water partition coefficient (Wildman–Crippen LogP) is 1.41. The third kappa shape index (κ3) is 3.85. The van der Waals surface area contributed by atoms with E-state index in [9.17, 15) is 28.3 Å². The van der Waals surface area contributed by atoms with Gasteiger partial charge in [0.1, 0.15) is 11.8 Å². The molecule has 2 heterocycles. The largest absolute Gasteiger partial charge is 0.593 e. The summed E-state index contributed by atoms with van der Waals surface area (Å²) in [6.07, 6.45) is 0.302. The summed E-state index contributed by atoms with van der Waals surface area (Å²) in [7, 11) is -4.04. The van der Waals surface area contributed by atoms with E-state index < -0.39 is 40.2 Å². The van der Waals surface area contributed by atoms with Crippen LogP contribution in [0.25, 0.3) is 0 Å². The van der Waals surface area contributed by atoms with Gasteiger partial charge in [0.2, 0.25) is 11.8 Å². The van der Waals surface area contributed by atoms with E-state index in [4.69, 9.17) is 0 Å². The van der Waals surface area contributed by atoms with E-state index >= 15 is 0 Å². The van der Waals surface area contributed by atoms with Gasteiger partial charge in [-0.05, 0) is 31.5 Å². The van der Waals surface area contributed by atoms with E-state index in [1.165, 1.54) is 29.2 Å². The zero-order chi connectivity index (χ0) is 22.3. The summed E-state index contributed by atoms with van der Waals surface area (Å²) < 4.78 is 28.8. The van der Waals surface area contributed by atoms with Crippen LogP contribution < -0.4 is 10.0 Å². The quantitative estimate of drug-likeness (QED) is 0.472. The number of amides is 3. The number of carbonyl (C=O) groups excluding carboxylic acids is 3. The molecule has 0 spiro atoms. The minimum absolute atomic E-state index is 0.0322. The Balaban J connectivity index is 1.62. The lowest BCUT2D eigenvalue weighted by molar-refractivity contribution is -0.136. The Labute approximate surface area is 179 Å². The van der Waals surface area contributed by atoms with E-state index in [1.807, 2.05) is 0 Å². The minimum atomic E-state index is -4.04. The summed E-state index contributed by atoms with van der Waals surface area (Å²) in [6.45, 7) is 1.55. The molecule has 0 saturated carbocycles. The van der Waals surface area contributed by atoms with E-state index in [2.05, 4.69) is 10.0 Å². The Morgan fingerprint density at radius 1 is 1.19 bits per heavy atom. The van der Waals surface area contributed by atoms with Crippen LogP contribution in [0.3, 0.4) is 0 Å². The van der Waals surface area contributed by atoms with Crippen molar-refractivity contribution in [1.29, 1.82) is 0 Å². The summed E-state index contributed by atoms with van der Waals surface area (Å²) >= 11 is 0. The van der Waals surface area contributed by atoms with Crippen molar-refractivity contribution in [2.75, 3.05) is 0 Å². The first kappa shape index (κ1) is 21.2. The van der Waals surface area contributed by atoms with Crippen LogP contribution in [0.2, 0.25) is 0 Å². The highest BCUT2D eigenvalue weighted by Crippen LogP contribution is 2.34. The first-order valence-corrected chi connectivity index (χ1v) is 11.2. The first-order chi connectivity index (χ1) is 14.7. The summed E-state index contributed by atoms with van der Waals surface area (Å²) in [4.78, 5) is 37.8. The number of fused-ring (bicyclic) bond motifs is 1. The van der Waals surface area contributed by atoms with Crippen LogP contribution in [0.5, 0.6) is 5.75 Å². The zero-order valence-corrected chi connectivity index (χ0v) is 17.5. The molecular weight excluding hydrogens is 422 g/mol. The highest BCUT2D eigenvalue weighted by atomic mass is 32.3. The number of piperidine rings is 1. The molecule has 4 rings (SSSR count). The molecule has 162 valence electrons. The molecule has 9 nitrogen and oxygen atoms in total. The van der Waals surface area contributed by atoms with Crippen LogP contribution >= 0.6 is 0 Å². The standard InChI is InChI=1S/C21H21N3O6S/c1-12(13-5-2-3-7-17(13)25)23-31(29,30)18-8-4-6-14-15(18)11-24(21(14)28)16-9-10-19(26)22-20(16)27/h2-8,12,16H,9-11H2,1H3,(H3-,22,23,25,26,27,29,30)/t12-,16?/m1/s1. The van der Waals surface area contributed by atoms with Gasteiger partial charge in [0.25, 0.3) is 5.91 Å². The van der Waals surface area contributed by atoms with Crippen molar-refractivity contribution in [1.82, 2.24) is 14.9 Å². The van der Waals surface area contributed by atoms with Gasteiger partial charge in [-0.25, -0.2) is 0 Å². The maximum Gasteiger partial charge on any atom is 0.255 e. The number of benzene rings is 2. The summed E-state index contributed by atoms with van der Waals surface area (Å²) in [5.74, 6) is -1.44. The van der Waals surface area contributed by atoms with E-state index in [-0.39, 0.29) is 35.6 Å². The number of carbonyl (C=O) groups is 3. The molecule has 0 radical (unpaired) electrons. The van der Waals surface area contributed by atoms with Crippen molar-refractivity contribution in [3.63, 3.8) is 0 Å². The molecule has 1 fully saturated rings. The average Bonchev–Trinajstić information content (AvgIpc) is 3.04. The SMILES string of the molecule is C[C@@H](N[S+](=O)([O-])c1cccc2c1CN(C1CCC(=O)NC1=O)C2=O)c1ccccc1O. The topological polar surface area (TPSA) is 139 Å². The van der Waals surface area contributed by atoms with Crippen molar-refractivity contribution in [3.8, 4) is 5.75 Å². The molecule has 31 heavy (non-hydrogen) atoms. The third-order valence-corrected chi connectivity index (χ3v) is 7.19. The molecule has 1 saturated heterocycles. The number of sulfonamides is 1. The van der Waals surface area contributed by atoms with Gasteiger partial charge >= 0.3 is 0 Å². The van der Waals surface area contributed by atoms with Crippen molar-refractivity contribution in [2.24, 2.45) is 0 Å². The molecule has 2 aliphatic rings. The summed E-state index contributed by atoms with van der Waals surface area (Å²) in [5.41, 5.74) is 0.928. The smallest absolute Gasteiger partial charge is 0.255 e. The van der Waals surface area contributed by atoms with Gasteiger partial charge in [0, 0.05) is 23.1 Å². The fourth-order valence-electron chi connectivity index (χ4n) is 4.02. The van der Waals surface area contributed by atoms with E-state index in [1.54, 1.807) is 25.1 Å². The van der Waals surface area contributed by atoms with Gasteiger partial charge < -0.3 is 14.6 Å². The molecular formula is C21H21N3O6S. The van der Waals surface area contributed by atoms with Crippen LogP contribution in [0, 0.1) is 0 Å². The number of phenolic OH excluding ortho intramolecular Hbond substituents is 1. The number of para-hydroxylation sites is 1. The van der Waals surface area contributed by atoms with Gasteiger partial charge in [-0.3, -0.25) is 19.7 Å². The third-order valence-electron chi connectivity index (χ3n) is 5.56. The Morgan fingerprint density at radius 3 is 2.65 bits per heavy atom. The lowest BCUT2D eigenvalue weighted by Gasteiger charge is -2.29. The maximum absolute atomic E-state index is 13.1. The molecule has 3 N–H and O–H groups in total. The Kier molecular flexibility index (Phi) is 5.38. The van der Waals surface area contributed by atoms with Gasteiger partial charge in [0.05, 0.1) is 12.6 Å². The Bertz CT molecular complexity index is 1130. The fraction of sp³-hybridized carbons (Fsp3) is 0.286. The highest BCUT2D eigenvalue weighted by molar-refractivity contribution is 7.95. The van der Waals surface area contributed by atoms with Crippen molar-refractivity contribution in [3.05, 3.63) is 59.2 Å². The fourth-order valence-corrected chi connectivity index (χ4v) is 5.50. The van der Waals surface area contributed by atoms with E-state index in [0.29, 0.717) is 11.1 Å². The predicted molar refractivity (Wildman–Crippen MR) is 109 cm³/mol. The average molecular weight is 443 g/mol. The van der Waals surface area contributed by atoms with Gasteiger partial charge in [0.15, 0.2) is 15.3 Å². The maximum atomic E-state index is 13.1. The van der Waals surface area contributed by atoms with Crippen LogP contribution in [-0.2, 0) is 30.7 Å². The molecule has 2 unspecified atom stereocenters. The second-order valence-corrected chi connectivity index (χ2v) is 9.27. The zero-order valence-electron chi connectivity index (χ0n) is 16.7. The number of nitrogens with one attached hydrogen (secondary N) is 2. The lowest BCUT2D eigenvalue weighted by atomic mass is 10.0. The number of phenols is 1. The molecule has 0 aromatic heterocycles. The Hall–Kier alpha value is -3.08. The molecule has 0 aliphatic carbocycles. The van der Waals surface area contributed by atoms with Crippen LogP contribution in [0.1, 0.15) is 47.3 Å². The molecule has 3 amide bonds. The van der Waals surface area contributed by atoms with Crippen molar-refractivity contribution >= 4 is 28.1 Å². The number of imide groups is 1. The van der Waals surface area contributed by atoms with E-state index in [0.717, 1.165) is 0 Å². The van der Waals surface area contributed by atoms with Crippen LogP contribution in [0.4, 0.5) is 0 Å². The normalized spacial score (nSPS) is 21.4. The number of nitrogens with zero attached hydrogens (tertiary/aromatic N) is 1. The number of hydrogen-bond acceptors (Lipinski definition) is 6. The van der Waals surface area contributed by atoms with Gasteiger partial charge in [-0.2, -0.15) is 0 Å². The van der Waals surface area contributed by atoms with Crippen LogP contribution in [-0.4, -0.2) is 38.3 Å². The van der Waals surface area contributed by atoms with Gasteiger partial charge in [-0.15, -0.1) is 4.72 Å². The second-order valence-electron chi connectivity index (χ2n) is 7.58.